The SMILES string of the molecule is CSc1ccc(-c2ncn[nH]2)s1. The zero-order valence-corrected chi connectivity index (χ0v) is 8.08. The minimum atomic E-state index is 0.848. The second kappa shape index (κ2) is 3.28. The van der Waals surface area contributed by atoms with Crippen LogP contribution in [0.5, 0.6) is 0 Å². The van der Waals surface area contributed by atoms with Gasteiger partial charge in [0.15, 0.2) is 5.82 Å². The summed E-state index contributed by atoms with van der Waals surface area (Å²) in [6, 6.07) is 4.14. The summed E-state index contributed by atoms with van der Waals surface area (Å²) in [5.41, 5.74) is 0. The molecule has 0 aromatic carbocycles. The molecular formula is C7H7N3S2. The first-order chi connectivity index (χ1) is 5.90. The van der Waals surface area contributed by atoms with Crippen molar-refractivity contribution in [2.24, 2.45) is 0 Å². The summed E-state index contributed by atoms with van der Waals surface area (Å²) in [6.45, 7) is 0. The standard InChI is InChI=1S/C7H7N3S2/c1-11-6-3-2-5(12-6)7-8-4-9-10-7/h2-4H,1H3,(H,8,9,10). The van der Waals surface area contributed by atoms with Gasteiger partial charge in [0.1, 0.15) is 6.33 Å². The van der Waals surface area contributed by atoms with Crippen LogP contribution >= 0.6 is 23.1 Å². The van der Waals surface area contributed by atoms with Gasteiger partial charge in [0.25, 0.3) is 0 Å². The van der Waals surface area contributed by atoms with E-state index in [0.29, 0.717) is 0 Å². The molecule has 0 saturated heterocycles. The third-order valence-electron chi connectivity index (χ3n) is 1.43. The molecule has 1 N–H and O–H groups in total. The summed E-state index contributed by atoms with van der Waals surface area (Å²) < 4.78 is 1.29. The maximum absolute atomic E-state index is 4.07. The Kier molecular flexibility index (Phi) is 2.14. The molecule has 0 amide bonds. The number of nitrogens with zero attached hydrogens (tertiary/aromatic N) is 2. The second-order valence-electron chi connectivity index (χ2n) is 2.16. The average Bonchev–Trinajstić information content (AvgIpc) is 2.75. The summed E-state index contributed by atoms with van der Waals surface area (Å²) >= 11 is 3.46. The van der Waals surface area contributed by atoms with Gasteiger partial charge in [0.05, 0.1) is 9.09 Å². The fraction of sp³-hybridized carbons (Fsp3) is 0.143. The quantitative estimate of drug-likeness (QED) is 0.751. The third-order valence-corrected chi connectivity index (χ3v) is 3.61. The molecule has 2 heterocycles. The van der Waals surface area contributed by atoms with Crippen LogP contribution in [0.15, 0.2) is 22.7 Å². The van der Waals surface area contributed by atoms with Crippen molar-refractivity contribution in [2.45, 2.75) is 4.21 Å². The van der Waals surface area contributed by atoms with Gasteiger partial charge in [0.2, 0.25) is 0 Å². The molecule has 0 bridgehead atoms. The Hall–Kier alpha value is -0.810. The summed E-state index contributed by atoms with van der Waals surface area (Å²) in [5, 5.41) is 6.63. The molecule has 0 radical (unpaired) electrons. The fourth-order valence-electron chi connectivity index (χ4n) is 0.881. The van der Waals surface area contributed by atoms with Gasteiger partial charge in [-0.2, -0.15) is 5.10 Å². The van der Waals surface area contributed by atoms with Gasteiger partial charge in [-0.1, -0.05) is 0 Å². The number of aromatic nitrogens is 3. The lowest BCUT2D eigenvalue weighted by atomic mass is 10.4. The lowest BCUT2D eigenvalue weighted by Crippen LogP contribution is -1.72. The third kappa shape index (κ3) is 1.37. The molecule has 5 heteroatoms. The molecule has 2 aromatic rings. The van der Waals surface area contributed by atoms with E-state index in [1.807, 2.05) is 0 Å². The molecule has 0 saturated carbocycles. The Morgan fingerprint density at radius 2 is 2.42 bits per heavy atom. The van der Waals surface area contributed by atoms with E-state index in [1.54, 1.807) is 23.1 Å². The normalized spacial score (nSPS) is 10.4. The number of hydrogen-bond donors (Lipinski definition) is 1. The molecule has 3 nitrogen and oxygen atoms in total. The van der Waals surface area contributed by atoms with Crippen LogP contribution in [-0.4, -0.2) is 21.4 Å². The van der Waals surface area contributed by atoms with E-state index in [2.05, 4.69) is 33.6 Å². The molecule has 0 unspecified atom stereocenters. The second-order valence-corrected chi connectivity index (χ2v) is 4.35. The van der Waals surface area contributed by atoms with Gasteiger partial charge in [-0.05, 0) is 18.4 Å². The van der Waals surface area contributed by atoms with Crippen molar-refractivity contribution in [3.63, 3.8) is 0 Å². The molecular weight excluding hydrogens is 190 g/mol. The Balaban J connectivity index is 2.35. The van der Waals surface area contributed by atoms with Gasteiger partial charge < -0.3 is 0 Å². The molecule has 62 valence electrons. The largest absolute Gasteiger partial charge is 0.259 e. The van der Waals surface area contributed by atoms with Crippen molar-refractivity contribution < 1.29 is 0 Å². The van der Waals surface area contributed by atoms with Crippen molar-refractivity contribution in [1.29, 1.82) is 0 Å². The van der Waals surface area contributed by atoms with Gasteiger partial charge >= 0.3 is 0 Å². The highest BCUT2D eigenvalue weighted by Gasteiger charge is 2.03. The molecule has 12 heavy (non-hydrogen) atoms. The first-order valence-electron chi connectivity index (χ1n) is 3.39. The number of hydrogen-bond acceptors (Lipinski definition) is 4. The number of thioether (sulfide) groups is 1. The maximum atomic E-state index is 4.07. The summed E-state index contributed by atoms with van der Waals surface area (Å²) in [6.07, 6.45) is 3.59. The van der Waals surface area contributed by atoms with E-state index in [-0.39, 0.29) is 0 Å². The van der Waals surface area contributed by atoms with Crippen LogP contribution in [0, 0.1) is 0 Å². The predicted molar refractivity (Wildman–Crippen MR) is 51.5 cm³/mol. The molecule has 2 rings (SSSR count). The number of nitrogens with one attached hydrogen (secondary N) is 1. The molecule has 0 aliphatic heterocycles. The fourth-order valence-corrected chi connectivity index (χ4v) is 2.37. The minimum absolute atomic E-state index is 0.848. The molecule has 0 atom stereocenters. The highest BCUT2D eigenvalue weighted by molar-refractivity contribution is 8.00. The first-order valence-corrected chi connectivity index (χ1v) is 5.44. The van der Waals surface area contributed by atoms with E-state index in [9.17, 15) is 0 Å². The van der Waals surface area contributed by atoms with Crippen molar-refractivity contribution >= 4 is 23.1 Å². The molecule has 0 aliphatic rings. The van der Waals surface area contributed by atoms with Crippen LogP contribution in [0.25, 0.3) is 10.7 Å². The highest BCUT2D eigenvalue weighted by atomic mass is 32.2. The van der Waals surface area contributed by atoms with Crippen molar-refractivity contribution in [2.75, 3.05) is 6.26 Å². The Bertz CT molecular complexity index is 352. The zero-order valence-electron chi connectivity index (χ0n) is 6.44. The minimum Gasteiger partial charge on any atom is -0.259 e. The predicted octanol–water partition coefficient (Wildman–Crippen LogP) is 2.26. The summed E-state index contributed by atoms with van der Waals surface area (Å²) in [7, 11) is 0. The Morgan fingerprint density at radius 3 is 3.00 bits per heavy atom. The average molecular weight is 197 g/mol. The Morgan fingerprint density at radius 1 is 1.50 bits per heavy atom. The van der Waals surface area contributed by atoms with Crippen molar-refractivity contribution in [3.8, 4) is 10.7 Å². The lowest BCUT2D eigenvalue weighted by Gasteiger charge is -1.86. The Labute approximate surface area is 78.2 Å². The number of aromatic amines is 1. The van der Waals surface area contributed by atoms with Crippen LogP contribution in [0.4, 0.5) is 0 Å². The van der Waals surface area contributed by atoms with Crippen molar-refractivity contribution in [1.82, 2.24) is 15.2 Å². The van der Waals surface area contributed by atoms with Gasteiger partial charge in [-0.3, -0.25) is 5.10 Å². The van der Waals surface area contributed by atoms with Crippen LogP contribution in [0.1, 0.15) is 0 Å². The zero-order chi connectivity index (χ0) is 8.39. The molecule has 0 fully saturated rings. The van der Waals surface area contributed by atoms with Crippen molar-refractivity contribution in [3.05, 3.63) is 18.5 Å². The highest BCUT2D eigenvalue weighted by Crippen LogP contribution is 2.30. The van der Waals surface area contributed by atoms with Crippen LogP contribution in [0.3, 0.4) is 0 Å². The van der Waals surface area contributed by atoms with Gasteiger partial charge in [-0.25, -0.2) is 4.98 Å². The van der Waals surface area contributed by atoms with Crippen LogP contribution in [-0.2, 0) is 0 Å². The van der Waals surface area contributed by atoms with Crippen LogP contribution < -0.4 is 0 Å². The monoisotopic (exact) mass is 197 g/mol. The van der Waals surface area contributed by atoms with E-state index < -0.39 is 0 Å². The van der Waals surface area contributed by atoms with Crippen LogP contribution in [0.2, 0.25) is 0 Å². The van der Waals surface area contributed by atoms with E-state index in [4.69, 9.17) is 0 Å². The van der Waals surface area contributed by atoms with Gasteiger partial charge in [-0.15, -0.1) is 23.1 Å². The van der Waals surface area contributed by atoms with E-state index >= 15 is 0 Å². The lowest BCUT2D eigenvalue weighted by molar-refractivity contribution is 1.10. The maximum Gasteiger partial charge on any atom is 0.165 e. The number of rotatable bonds is 2. The molecule has 2 aromatic heterocycles. The van der Waals surface area contributed by atoms with Gasteiger partial charge in [0, 0.05) is 0 Å². The number of thiophene rings is 1. The number of H-pyrrole nitrogens is 1. The topological polar surface area (TPSA) is 41.6 Å². The first kappa shape index (κ1) is 7.82. The summed E-state index contributed by atoms with van der Waals surface area (Å²) in [4.78, 5) is 5.20. The van der Waals surface area contributed by atoms with E-state index in [1.165, 1.54) is 10.5 Å². The van der Waals surface area contributed by atoms with E-state index in [0.717, 1.165) is 10.7 Å². The molecule has 0 aliphatic carbocycles. The molecule has 0 spiro atoms. The summed E-state index contributed by atoms with van der Waals surface area (Å²) in [5.74, 6) is 0.848. The smallest absolute Gasteiger partial charge is 0.165 e.